The quantitative estimate of drug-likeness (QED) is 0.500. The average molecular weight is 366 g/mol. The number of amides is 1. The van der Waals surface area contributed by atoms with Crippen LogP contribution in [0.1, 0.15) is 28.3 Å². The van der Waals surface area contributed by atoms with Gasteiger partial charge < -0.3 is 14.7 Å². The molecule has 1 aromatic heterocycles. The third kappa shape index (κ3) is 3.48. The zero-order chi connectivity index (χ0) is 19.6. The molecule has 1 saturated heterocycles. The Hall–Kier alpha value is -2.99. The topological polar surface area (TPSA) is 79.7 Å². The number of nitrogens with zero attached hydrogens (tertiary/aromatic N) is 2. The fourth-order valence-electron chi connectivity index (χ4n) is 3.32. The van der Waals surface area contributed by atoms with Gasteiger partial charge >= 0.3 is 0 Å². The van der Waals surface area contributed by atoms with E-state index >= 15 is 0 Å². The van der Waals surface area contributed by atoms with Crippen LogP contribution in [0.4, 0.5) is 0 Å². The lowest BCUT2D eigenvalue weighted by atomic mass is 9.94. The second kappa shape index (κ2) is 7.72. The summed E-state index contributed by atoms with van der Waals surface area (Å²) in [6.45, 7) is 4.29. The van der Waals surface area contributed by atoms with Crippen molar-refractivity contribution in [2.75, 3.05) is 20.3 Å². The SMILES string of the molecule is COCCN1C(=O)C(=O)/C(=C(\O)c2cc(C)ccc2C)C1c1cccnc1. The number of ether oxygens (including phenoxy) is 1. The Morgan fingerprint density at radius 2 is 2.04 bits per heavy atom. The molecule has 1 atom stereocenters. The Labute approximate surface area is 158 Å². The van der Waals surface area contributed by atoms with Gasteiger partial charge in [0.25, 0.3) is 11.7 Å². The normalized spacial score (nSPS) is 18.9. The first-order chi connectivity index (χ1) is 13.0. The predicted molar refractivity (Wildman–Crippen MR) is 101 cm³/mol. The van der Waals surface area contributed by atoms with Crippen molar-refractivity contribution < 1.29 is 19.4 Å². The molecule has 1 aromatic carbocycles. The van der Waals surface area contributed by atoms with Crippen LogP contribution in [0.15, 0.2) is 48.3 Å². The fourth-order valence-corrected chi connectivity index (χ4v) is 3.32. The van der Waals surface area contributed by atoms with Crippen LogP contribution in [0.2, 0.25) is 0 Å². The molecule has 0 saturated carbocycles. The number of aliphatic hydroxyl groups excluding tert-OH is 1. The summed E-state index contributed by atoms with van der Waals surface area (Å²) in [6, 6.07) is 8.46. The molecule has 2 heterocycles. The molecule has 1 aliphatic rings. The van der Waals surface area contributed by atoms with Gasteiger partial charge in [0.1, 0.15) is 5.76 Å². The molecule has 27 heavy (non-hydrogen) atoms. The number of hydrogen-bond donors (Lipinski definition) is 1. The molecule has 1 fully saturated rings. The Bertz CT molecular complexity index is 906. The molecule has 6 nitrogen and oxygen atoms in total. The standard InChI is InChI=1S/C21H22N2O4/c1-13-6-7-14(2)16(11-13)19(24)17-18(15-5-4-8-22-12-15)23(9-10-27-3)21(26)20(17)25/h4-8,11-12,18,24H,9-10H2,1-3H3/b19-17-. The smallest absolute Gasteiger partial charge is 0.295 e. The van der Waals surface area contributed by atoms with E-state index in [1.165, 1.54) is 12.0 Å². The first-order valence-corrected chi connectivity index (χ1v) is 8.70. The minimum atomic E-state index is -0.700. The number of aromatic nitrogens is 1. The van der Waals surface area contributed by atoms with E-state index in [0.717, 1.165) is 11.1 Å². The maximum absolute atomic E-state index is 12.8. The molecular weight excluding hydrogens is 344 g/mol. The molecule has 6 heteroatoms. The molecule has 3 rings (SSSR count). The number of ketones is 1. The lowest BCUT2D eigenvalue weighted by molar-refractivity contribution is -0.140. The van der Waals surface area contributed by atoms with Gasteiger partial charge in [0.2, 0.25) is 0 Å². The number of likely N-dealkylation sites (tertiary alicyclic amines) is 1. The van der Waals surface area contributed by atoms with E-state index in [1.54, 1.807) is 24.5 Å². The highest BCUT2D eigenvalue weighted by Crippen LogP contribution is 2.39. The molecule has 1 unspecified atom stereocenters. The summed E-state index contributed by atoms with van der Waals surface area (Å²) in [5, 5.41) is 11.0. The van der Waals surface area contributed by atoms with Gasteiger partial charge in [0.05, 0.1) is 18.2 Å². The van der Waals surface area contributed by atoms with Crippen LogP contribution in [-0.2, 0) is 14.3 Å². The van der Waals surface area contributed by atoms with Crippen molar-refractivity contribution in [1.29, 1.82) is 0 Å². The highest BCUT2D eigenvalue weighted by molar-refractivity contribution is 6.46. The summed E-state index contributed by atoms with van der Waals surface area (Å²) in [6.07, 6.45) is 3.22. The van der Waals surface area contributed by atoms with Crippen molar-refractivity contribution in [3.8, 4) is 0 Å². The van der Waals surface area contributed by atoms with Gasteiger partial charge in [-0.05, 0) is 37.1 Å². The van der Waals surface area contributed by atoms with E-state index in [1.807, 2.05) is 32.0 Å². The molecule has 0 radical (unpaired) electrons. The van der Waals surface area contributed by atoms with E-state index in [4.69, 9.17) is 4.74 Å². The van der Waals surface area contributed by atoms with Gasteiger partial charge in [0.15, 0.2) is 0 Å². The molecule has 0 spiro atoms. The highest BCUT2D eigenvalue weighted by atomic mass is 16.5. The van der Waals surface area contributed by atoms with E-state index in [9.17, 15) is 14.7 Å². The maximum Gasteiger partial charge on any atom is 0.295 e. The van der Waals surface area contributed by atoms with Crippen molar-refractivity contribution in [3.63, 3.8) is 0 Å². The zero-order valence-electron chi connectivity index (χ0n) is 15.6. The summed E-state index contributed by atoms with van der Waals surface area (Å²) in [7, 11) is 1.53. The van der Waals surface area contributed by atoms with Crippen LogP contribution < -0.4 is 0 Å². The zero-order valence-corrected chi connectivity index (χ0v) is 15.6. The van der Waals surface area contributed by atoms with Crippen molar-refractivity contribution in [3.05, 3.63) is 70.6 Å². The van der Waals surface area contributed by atoms with E-state index in [-0.39, 0.29) is 24.5 Å². The third-order valence-corrected chi connectivity index (χ3v) is 4.72. The van der Waals surface area contributed by atoms with Gasteiger partial charge in [-0.15, -0.1) is 0 Å². The Morgan fingerprint density at radius 3 is 2.70 bits per heavy atom. The van der Waals surface area contributed by atoms with Crippen LogP contribution in [0.3, 0.4) is 0 Å². The van der Waals surface area contributed by atoms with Gasteiger partial charge in [-0.25, -0.2) is 0 Å². The number of carbonyl (C=O) groups is 2. The van der Waals surface area contributed by atoms with Crippen LogP contribution in [0.25, 0.3) is 5.76 Å². The van der Waals surface area contributed by atoms with Gasteiger partial charge in [-0.3, -0.25) is 14.6 Å². The van der Waals surface area contributed by atoms with Crippen LogP contribution in [0.5, 0.6) is 0 Å². The maximum atomic E-state index is 12.8. The molecule has 0 bridgehead atoms. The molecule has 2 aromatic rings. The van der Waals surface area contributed by atoms with E-state index in [0.29, 0.717) is 11.1 Å². The van der Waals surface area contributed by atoms with Crippen molar-refractivity contribution in [2.45, 2.75) is 19.9 Å². The second-order valence-corrected chi connectivity index (χ2v) is 6.59. The Morgan fingerprint density at radius 1 is 1.26 bits per heavy atom. The number of benzene rings is 1. The van der Waals surface area contributed by atoms with E-state index in [2.05, 4.69) is 4.98 Å². The largest absolute Gasteiger partial charge is 0.507 e. The van der Waals surface area contributed by atoms with Crippen LogP contribution in [0, 0.1) is 13.8 Å². The Balaban J connectivity index is 2.20. The third-order valence-electron chi connectivity index (χ3n) is 4.72. The van der Waals surface area contributed by atoms with Gasteiger partial charge in [0, 0.05) is 31.6 Å². The van der Waals surface area contributed by atoms with Crippen molar-refractivity contribution >= 4 is 17.4 Å². The summed E-state index contributed by atoms with van der Waals surface area (Å²) in [5.74, 6) is -1.51. The lowest BCUT2D eigenvalue weighted by Crippen LogP contribution is -2.32. The number of methoxy groups -OCH3 is 1. The van der Waals surface area contributed by atoms with Crippen molar-refractivity contribution in [2.24, 2.45) is 0 Å². The minimum Gasteiger partial charge on any atom is -0.507 e. The predicted octanol–water partition coefficient (Wildman–Crippen LogP) is 2.77. The first kappa shape index (κ1) is 18.8. The molecule has 140 valence electrons. The van der Waals surface area contributed by atoms with Crippen LogP contribution >= 0.6 is 0 Å². The molecule has 1 amide bonds. The average Bonchev–Trinajstić information content (AvgIpc) is 2.93. The number of carbonyl (C=O) groups excluding carboxylic acids is 2. The monoisotopic (exact) mass is 366 g/mol. The first-order valence-electron chi connectivity index (χ1n) is 8.70. The second-order valence-electron chi connectivity index (χ2n) is 6.59. The molecular formula is C21H22N2O4. The molecule has 1 N–H and O–H groups in total. The van der Waals surface area contributed by atoms with Gasteiger partial charge in [-0.2, -0.15) is 0 Å². The molecule has 0 aliphatic carbocycles. The minimum absolute atomic E-state index is 0.0813. The van der Waals surface area contributed by atoms with Crippen molar-refractivity contribution in [1.82, 2.24) is 9.88 Å². The number of aliphatic hydroxyl groups is 1. The summed E-state index contributed by atoms with van der Waals surface area (Å²) >= 11 is 0. The molecule has 1 aliphatic heterocycles. The fraction of sp³-hybridized carbons (Fsp3) is 0.286. The number of hydrogen-bond acceptors (Lipinski definition) is 5. The van der Waals surface area contributed by atoms with Crippen LogP contribution in [-0.4, -0.2) is 46.9 Å². The van der Waals surface area contributed by atoms with E-state index < -0.39 is 17.7 Å². The lowest BCUT2D eigenvalue weighted by Gasteiger charge is -2.24. The number of Topliss-reactive ketones (excluding diaryl/α,β-unsaturated/α-hetero) is 1. The summed E-state index contributed by atoms with van der Waals surface area (Å²) in [5.41, 5.74) is 3.07. The summed E-state index contributed by atoms with van der Waals surface area (Å²) in [4.78, 5) is 31.0. The summed E-state index contributed by atoms with van der Waals surface area (Å²) < 4.78 is 5.09. The number of pyridine rings is 1. The van der Waals surface area contributed by atoms with Gasteiger partial charge in [-0.1, -0.05) is 23.8 Å². The number of aryl methyl sites for hydroxylation is 2. The Kier molecular flexibility index (Phi) is 5.37. The number of rotatable bonds is 5. The highest BCUT2D eigenvalue weighted by Gasteiger charge is 2.46.